The van der Waals surface area contributed by atoms with Crippen LogP contribution in [0.25, 0.3) is 12.2 Å². The quantitative estimate of drug-likeness (QED) is 0.212. The van der Waals surface area contributed by atoms with Crippen molar-refractivity contribution in [3.8, 4) is 11.5 Å². The van der Waals surface area contributed by atoms with E-state index in [1.807, 2.05) is 24.3 Å². The highest BCUT2D eigenvalue weighted by molar-refractivity contribution is 5.72. The molecule has 2 aliphatic heterocycles. The topological polar surface area (TPSA) is 24.9 Å². The van der Waals surface area contributed by atoms with Gasteiger partial charge in [-0.05, 0) is 58.7 Å². The monoisotopic (exact) mass is 548 g/mol. The number of hydrogen-bond acceptors (Lipinski definition) is 4. The summed E-state index contributed by atoms with van der Waals surface area (Å²) in [6.07, 6.45) is 4.33. The number of ether oxygens (including phenoxy) is 2. The minimum absolute atomic E-state index is 0.686. The van der Waals surface area contributed by atoms with Crippen molar-refractivity contribution in [1.29, 1.82) is 0 Å². The minimum atomic E-state index is 0.686. The van der Waals surface area contributed by atoms with Crippen LogP contribution in [0.15, 0.2) is 145 Å². The summed E-state index contributed by atoms with van der Waals surface area (Å²) in [5.74, 6) is 3.59. The Balaban J connectivity index is 1.19. The average Bonchev–Trinajstić information content (AvgIpc) is 3.03. The second-order valence-electron chi connectivity index (χ2n) is 10.7. The van der Waals surface area contributed by atoms with Crippen molar-refractivity contribution in [2.24, 2.45) is 0 Å². The zero-order valence-corrected chi connectivity index (χ0v) is 23.4. The van der Waals surface area contributed by atoms with Crippen LogP contribution in [0.5, 0.6) is 11.5 Å². The highest BCUT2D eigenvalue weighted by Crippen LogP contribution is 2.38. The smallest absolute Gasteiger partial charge is 0.150 e. The van der Waals surface area contributed by atoms with E-state index in [1.165, 1.54) is 11.1 Å². The fourth-order valence-corrected chi connectivity index (χ4v) is 5.66. The standard InChI is InChI=1S/C38H32N2O2/c1-3-13-29(14-4-1)25-39-27-33(41-37-21-11-9-19-35(37)39)23-31-17-7-8-18-32(31)24-34-28-40(26-30-15-5-2-6-16-30)36-20-10-12-22-38(36)42-34/h1-24H,25-28H2/b33-23-,34-24-. The molecule has 0 bridgehead atoms. The van der Waals surface area contributed by atoms with Gasteiger partial charge in [0.1, 0.15) is 23.0 Å². The van der Waals surface area contributed by atoms with Crippen molar-refractivity contribution in [3.63, 3.8) is 0 Å². The molecule has 0 saturated heterocycles. The highest BCUT2D eigenvalue weighted by atomic mass is 16.5. The number of rotatable bonds is 6. The lowest BCUT2D eigenvalue weighted by molar-refractivity contribution is 0.398. The van der Waals surface area contributed by atoms with E-state index in [0.717, 1.165) is 58.6 Å². The Morgan fingerprint density at radius 3 is 1.29 bits per heavy atom. The van der Waals surface area contributed by atoms with Crippen molar-refractivity contribution >= 4 is 23.5 Å². The van der Waals surface area contributed by atoms with Gasteiger partial charge in [0.2, 0.25) is 0 Å². The first-order chi connectivity index (χ1) is 20.8. The first-order valence-corrected chi connectivity index (χ1v) is 14.4. The van der Waals surface area contributed by atoms with E-state index in [1.54, 1.807) is 0 Å². The van der Waals surface area contributed by atoms with E-state index in [0.29, 0.717) is 13.1 Å². The van der Waals surface area contributed by atoms with Gasteiger partial charge < -0.3 is 19.3 Å². The molecule has 2 heterocycles. The lowest BCUT2D eigenvalue weighted by Crippen LogP contribution is -2.31. The van der Waals surface area contributed by atoms with Crippen molar-refractivity contribution in [2.45, 2.75) is 13.1 Å². The third kappa shape index (κ3) is 5.65. The summed E-state index contributed by atoms with van der Waals surface area (Å²) >= 11 is 0. The van der Waals surface area contributed by atoms with Crippen LogP contribution in [-0.2, 0) is 13.1 Å². The molecule has 0 atom stereocenters. The van der Waals surface area contributed by atoms with Crippen LogP contribution in [0.2, 0.25) is 0 Å². The van der Waals surface area contributed by atoms with Gasteiger partial charge in [0, 0.05) is 13.1 Å². The maximum Gasteiger partial charge on any atom is 0.150 e. The summed E-state index contributed by atoms with van der Waals surface area (Å²) in [7, 11) is 0. The fraction of sp³-hybridized carbons (Fsp3) is 0.105. The lowest BCUT2D eigenvalue weighted by atomic mass is 10.0. The molecular formula is C38H32N2O2. The summed E-state index contributed by atoms with van der Waals surface area (Å²) in [5, 5.41) is 0. The molecule has 0 N–H and O–H groups in total. The second-order valence-corrected chi connectivity index (χ2v) is 10.7. The molecule has 4 nitrogen and oxygen atoms in total. The SMILES string of the molecule is C(=C1\CN(Cc2ccccc2)c2ccccc2O1)/c1ccccc1/C=C1/CN(Cc2ccccc2)c2ccccc2O1. The Morgan fingerprint density at radius 2 is 0.833 bits per heavy atom. The summed E-state index contributed by atoms with van der Waals surface area (Å²) in [6.45, 7) is 3.00. The molecule has 0 radical (unpaired) electrons. The van der Waals surface area contributed by atoms with E-state index >= 15 is 0 Å². The molecule has 4 heteroatoms. The van der Waals surface area contributed by atoms with Crippen LogP contribution >= 0.6 is 0 Å². The first-order valence-electron chi connectivity index (χ1n) is 14.4. The molecule has 0 unspecified atom stereocenters. The molecule has 2 aliphatic rings. The van der Waals surface area contributed by atoms with Gasteiger partial charge in [-0.3, -0.25) is 0 Å². The molecule has 206 valence electrons. The molecule has 5 aromatic rings. The molecule has 7 rings (SSSR count). The van der Waals surface area contributed by atoms with Crippen molar-refractivity contribution in [1.82, 2.24) is 0 Å². The van der Waals surface area contributed by atoms with Gasteiger partial charge in [-0.15, -0.1) is 0 Å². The van der Waals surface area contributed by atoms with E-state index in [9.17, 15) is 0 Å². The summed E-state index contributed by atoms with van der Waals surface area (Å²) in [4.78, 5) is 4.76. The Morgan fingerprint density at radius 1 is 0.452 bits per heavy atom. The molecule has 0 aliphatic carbocycles. The maximum atomic E-state index is 6.44. The first kappa shape index (κ1) is 25.7. The normalized spacial score (nSPS) is 16.0. The fourth-order valence-electron chi connectivity index (χ4n) is 5.66. The third-order valence-electron chi connectivity index (χ3n) is 7.65. The molecule has 0 spiro atoms. The van der Waals surface area contributed by atoms with Gasteiger partial charge in [-0.2, -0.15) is 0 Å². The Labute approximate surface area is 247 Å². The van der Waals surface area contributed by atoms with Crippen molar-refractivity contribution in [2.75, 3.05) is 22.9 Å². The van der Waals surface area contributed by atoms with Crippen LogP contribution in [0, 0.1) is 0 Å². The lowest BCUT2D eigenvalue weighted by Gasteiger charge is -2.33. The molecule has 5 aromatic carbocycles. The van der Waals surface area contributed by atoms with Gasteiger partial charge >= 0.3 is 0 Å². The van der Waals surface area contributed by atoms with Crippen LogP contribution in [-0.4, -0.2) is 13.1 Å². The zero-order valence-electron chi connectivity index (χ0n) is 23.4. The van der Waals surface area contributed by atoms with Crippen LogP contribution in [0.4, 0.5) is 11.4 Å². The number of para-hydroxylation sites is 4. The van der Waals surface area contributed by atoms with E-state index in [2.05, 4.69) is 131 Å². The van der Waals surface area contributed by atoms with Crippen LogP contribution in [0.3, 0.4) is 0 Å². The molecule has 0 fully saturated rings. The highest BCUT2D eigenvalue weighted by Gasteiger charge is 2.23. The summed E-state index contributed by atoms with van der Waals surface area (Å²) < 4.78 is 12.9. The third-order valence-corrected chi connectivity index (χ3v) is 7.65. The van der Waals surface area contributed by atoms with Gasteiger partial charge in [-0.1, -0.05) is 109 Å². The number of benzene rings is 5. The Hall–Kier alpha value is -5.22. The number of fused-ring (bicyclic) bond motifs is 2. The number of hydrogen-bond donors (Lipinski definition) is 0. The van der Waals surface area contributed by atoms with Gasteiger partial charge in [0.05, 0.1) is 24.5 Å². The predicted molar refractivity (Wildman–Crippen MR) is 172 cm³/mol. The largest absolute Gasteiger partial charge is 0.458 e. The Bertz CT molecular complexity index is 1610. The van der Waals surface area contributed by atoms with E-state index < -0.39 is 0 Å². The minimum Gasteiger partial charge on any atom is -0.458 e. The van der Waals surface area contributed by atoms with Crippen LogP contribution < -0.4 is 19.3 Å². The molecule has 42 heavy (non-hydrogen) atoms. The Kier molecular flexibility index (Phi) is 7.18. The molecular weight excluding hydrogens is 516 g/mol. The van der Waals surface area contributed by atoms with E-state index in [-0.39, 0.29) is 0 Å². The maximum absolute atomic E-state index is 6.44. The summed E-state index contributed by atoms with van der Waals surface area (Å²) in [6, 6.07) is 46.2. The van der Waals surface area contributed by atoms with E-state index in [4.69, 9.17) is 9.47 Å². The molecule has 0 aromatic heterocycles. The average molecular weight is 549 g/mol. The van der Waals surface area contributed by atoms with Gasteiger partial charge in [0.15, 0.2) is 0 Å². The molecule has 0 saturated carbocycles. The number of anilines is 2. The predicted octanol–water partition coefficient (Wildman–Crippen LogP) is 8.57. The van der Waals surface area contributed by atoms with Gasteiger partial charge in [-0.25, -0.2) is 0 Å². The molecule has 0 amide bonds. The summed E-state index contributed by atoms with van der Waals surface area (Å²) in [5.41, 5.74) is 6.96. The van der Waals surface area contributed by atoms with Crippen LogP contribution in [0.1, 0.15) is 22.3 Å². The van der Waals surface area contributed by atoms with Gasteiger partial charge in [0.25, 0.3) is 0 Å². The second kappa shape index (κ2) is 11.7. The zero-order chi connectivity index (χ0) is 28.1. The van der Waals surface area contributed by atoms with Crippen molar-refractivity contribution in [3.05, 3.63) is 167 Å². The van der Waals surface area contributed by atoms with Crippen molar-refractivity contribution < 1.29 is 9.47 Å². The number of nitrogens with zero attached hydrogens (tertiary/aromatic N) is 2.